The fourth-order valence-corrected chi connectivity index (χ4v) is 3.40. The maximum atomic E-state index is 13.0. The highest BCUT2D eigenvalue weighted by Gasteiger charge is 2.23. The van der Waals surface area contributed by atoms with Crippen molar-refractivity contribution in [3.8, 4) is 5.75 Å². The molecule has 0 radical (unpaired) electrons. The molecule has 0 bridgehead atoms. The van der Waals surface area contributed by atoms with E-state index in [1.54, 1.807) is 37.8 Å². The zero-order valence-corrected chi connectivity index (χ0v) is 17.4. The summed E-state index contributed by atoms with van der Waals surface area (Å²) in [6.45, 7) is 5.44. The van der Waals surface area contributed by atoms with Crippen molar-refractivity contribution in [2.45, 2.75) is 33.4 Å². The monoisotopic (exact) mass is 408 g/mol. The molecule has 0 saturated carbocycles. The number of hydrogen-bond acceptors (Lipinski definition) is 5. The lowest BCUT2D eigenvalue weighted by molar-refractivity contribution is -0.386. The minimum atomic E-state index is -0.427. The Hall–Kier alpha value is -3.68. The van der Waals surface area contributed by atoms with E-state index in [0.717, 1.165) is 16.9 Å². The van der Waals surface area contributed by atoms with E-state index >= 15 is 0 Å². The number of nitrogens with zero attached hydrogens (tertiary/aromatic N) is 3. The molecule has 1 heterocycles. The van der Waals surface area contributed by atoms with Gasteiger partial charge in [-0.15, -0.1) is 0 Å². The third-order valence-corrected chi connectivity index (χ3v) is 5.07. The fraction of sp³-hybridized carbons (Fsp3) is 0.273. The van der Waals surface area contributed by atoms with Crippen LogP contribution >= 0.6 is 0 Å². The average Bonchev–Trinajstić information content (AvgIpc) is 3.01. The van der Waals surface area contributed by atoms with Crippen molar-refractivity contribution in [2.24, 2.45) is 0 Å². The Morgan fingerprint density at radius 2 is 1.87 bits per heavy atom. The third kappa shape index (κ3) is 4.32. The minimum absolute atomic E-state index is 0.00469. The van der Waals surface area contributed by atoms with Crippen LogP contribution in [0, 0.1) is 24.0 Å². The summed E-state index contributed by atoms with van der Waals surface area (Å²) in [4.78, 5) is 23.8. The number of methoxy groups -OCH3 is 1. The second-order valence-corrected chi connectivity index (χ2v) is 7.06. The van der Waals surface area contributed by atoms with Gasteiger partial charge in [0.2, 0.25) is 0 Å². The van der Waals surface area contributed by atoms with Gasteiger partial charge in [-0.25, -0.2) is 0 Å². The van der Waals surface area contributed by atoms with Crippen LogP contribution in [0.3, 0.4) is 0 Å². The first-order valence-electron chi connectivity index (χ1n) is 9.53. The predicted molar refractivity (Wildman–Crippen MR) is 113 cm³/mol. The van der Waals surface area contributed by atoms with Crippen LogP contribution in [0.1, 0.15) is 45.8 Å². The van der Waals surface area contributed by atoms with Gasteiger partial charge in [0.05, 0.1) is 24.6 Å². The van der Waals surface area contributed by atoms with Gasteiger partial charge in [-0.05, 0) is 50.1 Å². The molecule has 8 heteroatoms. The van der Waals surface area contributed by atoms with Crippen LogP contribution in [0.5, 0.6) is 5.75 Å². The molecule has 0 aliphatic rings. The van der Waals surface area contributed by atoms with Crippen molar-refractivity contribution in [2.75, 3.05) is 7.11 Å². The molecule has 2 aromatic carbocycles. The van der Waals surface area contributed by atoms with Crippen molar-refractivity contribution in [1.82, 2.24) is 15.1 Å². The van der Waals surface area contributed by atoms with Crippen LogP contribution in [-0.2, 0) is 6.54 Å². The number of carbonyl (C=O) groups excluding carboxylic acids is 1. The molecule has 0 saturated heterocycles. The molecule has 30 heavy (non-hydrogen) atoms. The van der Waals surface area contributed by atoms with Gasteiger partial charge in [0, 0.05) is 5.56 Å². The number of nitro groups is 1. The summed E-state index contributed by atoms with van der Waals surface area (Å²) < 4.78 is 6.73. The molecule has 1 amide bonds. The molecular weight excluding hydrogens is 384 g/mol. The predicted octanol–water partition coefficient (Wildman–Crippen LogP) is 3.96. The van der Waals surface area contributed by atoms with Gasteiger partial charge in [-0.3, -0.25) is 19.6 Å². The largest absolute Gasteiger partial charge is 0.497 e. The highest BCUT2D eigenvalue weighted by atomic mass is 16.6. The van der Waals surface area contributed by atoms with Gasteiger partial charge in [-0.1, -0.05) is 30.3 Å². The molecule has 0 fully saturated rings. The van der Waals surface area contributed by atoms with Crippen LogP contribution in [0.25, 0.3) is 0 Å². The molecule has 1 aromatic heterocycles. The smallest absolute Gasteiger partial charge is 0.312 e. The number of aromatic nitrogens is 2. The third-order valence-electron chi connectivity index (χ3n) is 5.07. The number of benzene rings is 2. The molecule has 0 aliphatic carbocycles. The van der Waals surface area contributed by atoms with Crippen LogP contribution in [-0.4, -0.2) is 27.7 Å². The number of rotatable bonds is 7. The van der Waals surface area contributed by atoms with E-state index in [9.17, 15) is 14.9 Å². The van der Waals surface area contributed by atoms with Crippen molar-refractivity contribution in [3.05, 3.63) is 86.7 Å². The highest BCUT2D eigenvalue weighted by molar-refractivity contribution is 5.95. The molecule has 0 unspecified atom stereocenters. The number of nitrogens with one attached hydrogen (secondary N) is 1. The standard InChI is InChI=1S/C22H24N4O4/c1-14(17-9-11-19(30-4)12-10-17)23-22(27)20-8-6-5-7-18(20)13-25-16(3)21(26(28)29)15(2)24-25/h5-12,14H,13H2,1-4H3,(H,23,27)/t14-/m1/s1. The van der Waals surface area contributed by atoms with E-state index in [-0.39, 0.29) is 24.2 Å². The number of ether oxygens (including phenoxy) is 1. The van der Waals surface area contributed by atoms with Crippen LogP contribution in [0.2, 0.25) is 0 Å². The van der Waals surface area contributed by atoms with E-state index in [1.807, 2.05) is 43.3 Å². The van der Waals surface area contributed by atoms with E-state index in [4.69, 9.17) is 4.74 Å². The Labute approximate surface area is 174 Å². The molecule has 1 atom stereocenters. The first kappa shape index (κ1) is 21.0. The highest BCUT2D eigenvalue weighted by Crippen LogP contribution is 2.24. The number of hydrogen-bond donors (Lipinski definition) is 1. The zero-order chi connectivity index (χ0) is 21.8. The second kappa shape index (κ2) is 8.77. The van der Waals surface area contributed by atoms with Crippen molar-refractivity contribution >= 4 is 11.6 Å². The maximum Gasteiger partial charge on any atom is 0.312 e. The van der Waals surface area contributed by atoms with Gasteiger partial charge in [0.15, 0.2) is 0 Å². The lowest BCUT2D eigenvalue weighted by Gasteiger charge is -2.17. The molecular formula is C22H24N4O4. The summed E-state index contributed by atoms with van der Waals surface area (Å²) in [5, 5.41) is 18.6. The van der Waals surface area contributed by atoms with Gasteiger partial charge >= 0.3 is 5.69 Å². The summed E-state index contributed by atoms with van der Waals surface area (Å²) in [6.07, 6.45) is 0. The van der Waals surface area contributed by atoms with Crippen molar-refractivity contribution in [3.63, 3.8) is 0 Å². The molecule has 1 N–H and O–H groups in total. The first-order valence-corrected chi connectivity index (χ1v) is 9.53. The van der Waals surface area contributed by atoms with Crippen LogP contribution < -0.4 is 10.1 Å². The number of amides is 1. The van der Waals surface area contributed by atoms with Crippen molar-refractivity contribution in [1.29, 1.82) is 0 Å². The van der Waals surface area contributed by atoms with Gasteiger partial charge < -0.3 is 10.1 Å². The molecule has 156 valence electrons. The van der Waals surface area contributed by atoms with Gasteiger partial charge in [0.25, 0.3) is 5.91 Å². The Kier molecular flexibility index (Phi) is 6.15. The molecule has 0 aliphatic heterocycles. The molecule has 3 rings (SSSR count). The fourth-order valence-electron chi connectivity index (χ4n) is 3.40. The van der Waals surface area contributed by atoms with Gasteiger partial charge in [0.1, 0.15) is 17.1 Å². The van der Waals surface area contributed by atoms with Crippen LogP contribution in [0.15, 0.2) is 48.5 Å². The number of aryl methyl sites for hydroxylation is 1. The van der Waals surface area contributed by atoms with Crippen molar-refractivity contribution < 1.29 is 14.5 Å². The molecule has 3 aromatic rings. The molecule has 8 nitrogen and oxygen atoms in total. The Morgan fingerprint density at radius 3 is 2.47 bits per heavy atom. The lowest BCUT2D eigenvalue weighted by atomic mass is 10.0. The summed E-state index contributed by atoms with van der Waals surface area (Å²) >= 11 is 0. The minimum Gasteiger partial charge on any atom is -0.497 e. The van der Waals surface area contributed by atoms with Crippen LogP contribution in [0.4, 0.5) is 5.69 Å². The van der Waals surface area contributed by atoms with E-state index < -0.39 is 4.92 Å². The molecule has 0 spiro atoms. The summed E-state index contributed by atoms with van der Waals surface area (Å²) in [6, 6.07) is 14.5. The average molecular weight is 408 g/mol. The quantitative estimate of drug-likeness (QED) is 0.471. The Balaban J connectivity index is 1.81. The number of carbonyl (C=O) groups is 1. The summed E-state index contributed by atoms with van der Waals surface area (Å²) in [5.41, 5.74) is 3.01. The normalized spacial score (nSPS) is 11.7. The van der Waals surface area contributed by atoms with Gasteiger partial charge in [-0.2, -0.15) is 5.10 Å². The first-order chi connectivity index (χ1) is 14.3. The van der Waals surface area contributed by atoms with E-state index in [0.29, 0.717) is 17.0 Å². The topological polar surface area (TPSA) is 99.3 Å². The van der Waals surface area contributed by atoms with E-state index in [2.05, 4.69) is 10.4 Å². The Bertz CT molecular complexity index is 1070. The SMILES string of the molecule is COc1ccc([C@@H](C)NC(=O)c2ccccc2Cn2nc(C)c([N+](=O)[O-])c2C)cc1. The zero-order valence-electron chi connectivity index (χ0n) is 17.4. The second-order valence-electron chi connectivity index (χ2n) is 7.06. The lowest BCUT2D eigenvalue weighted by Crippen LogP contribution is -2.28. The summed E-state index contributed by atoms with van der Waals surface area (Å²) in [7, 11) is 1.61. The summed E-state index contributed by atoms with van der Waals surface area (Å²) in [5.74, 6) is 0.534. The Morgan fingerprint density at radius 1 is 1.20 bits per heavy atom. The maximum absolute atomic E-state index is 13.0. The van der Waals surface area contributed by atoms with E-state index in [1.165, 1.54) is 0 Å².